The van der Waals surface area contributed by atoms with Crippen LogP contribution >= 0.6 is 23.4 Å². The third kappa shape index (κ3) is 5.34. The van der Waals surface area contributed by atoms with Crippen molar-refractivity contribution in [2.45, 2.75) is 24.7 Å². The molecule has 1 aliphatic rings. The number of amides is 1. The number of carbonyl (C=O) groups is 1. The first-order valence-corrected chi connectivity index (χ1v) is 11.6. The van der Waals surface area contributed by atoms with Gasteiger partial charge in [-0.1, -0.05) is 72.3 Å². The van der Waals surface area contributed by atoms with E-state index in [4.69, 9.17) is 16.3 Å². The Morgan fingerprint density at radius 3 is 2.47 bits per heavy atom. The fraction of sp³-hybridized carbons (Fsp3) is 0.154. The quantitative estimate of drug-likeness (QED) is 0.456. The molecule has 1 N–H and O–H groups in total. The number of benzene rings is 3. The fourth-order valence-corrected chi connectivity index (χ4v) is 4.88. The molecule has 0 radical (unpaired) electrons. The number of nitriles is 1. The number of rotatable bonds is 7. The van der Waals surface area contributed by atoms with Gasteiger partial charge in [0.15, 0.2) is 0 Å². The summed E-state index contributed by atoms with van der Waals surface area (Å²) in [6.07, 6.45) is 0.239. The smallest absolute Gasteiger partial charge is 0.225 e. The summed E-state index contributed by atoms with van der Waals surface area (Å²) < 4.78 is 5.86. The minimum Gasteiger partial charge on any atom is -0.489 e. The molecular formula is C26H21ClN2O2S. The second-order valence-corrected chi connectivity index (χ2v) is 8.78. The third-order valence-electron chi connectivity index (χ3n) is 5.22. The van der Waals surface area contributed by atoms with E-state index in [-0.39, 0.29) is 18.2 Å². The lowest BCUT2D eigenvalue weighted by molar-refractivity contribution is -0.120. The van der Waals surface area contributed by atoms with Crippen LogP contribution in [0.4, 0.5) is 0 Å². The van der Waals surface area contributed by atoms with Gasteiger partial charge in [-0.05, 0) is 34.9 Å². The zero-order valence-corrected chi connectivity index (χ0v) is 18.8. The molecular weight excluding hydrogens is 440 g/mol. The molecule has 4 rings (SSSR count). The molecule has 3 aromatic carbocycles. The van der Waals surface area contributed by atoms with E-state index in [9.17, 15) is 10.1 Å². The predicted octanol–water partition coefficient (Wildman–Crippen LogP) is 6.19. The van der Waals surface area contributed by atoms with Gasteiger partial charge in [-0.15, -0.1) is 11.8 Å². The molecule has 0 unspecified atom stereocenters. The van der Waals surface area contributed by atoms with Gasteiger partial charge in [0, 0.05) is 23.1 Å². The number of halogens is 1. The van der Waals surface area contributed by atoms with E-state index in [2.05, 4.69) is 11.4 Å². The van der Waals surface area contributed by atoms with Crippen molar-refractivity contribution in [3.05, 3.63) is 111 Å². The Labute approximate surface area is 196 Å². The maximum Gasteiger partial charge on any atom is 0.225 e. The lowest BCUT2D eigenvalue weighted by Gasteiger charge is -2.25. The maximum absolute atomic E-state index is 12.4. The van der Waals surface area contributed by atoms with Crippen LogP contribution in [0, 0.1) is 11.3 Å². The predicted molar refractivity (Wildman–Crippen MR) is 128 cm³/mol. The average molecular weight is 461 g/mol. The summed E-state index contributed by atoms with van der Waals surface area (Å²) in [5.41, 5.74) is 3.54. The van der Waals surface area contributed by atoms with Gasteiger partial charge in [0.1, 0.15) is 12.4 Å². The van der Waals surface area contributed by atoms with Crippen LogP contribution < -0.4 is 10.1 Å². The highest BCUT2D eigenvalue weighted by Gasteiger charge is 2.29. The summed E-state index contributed by atoms with van der Waals surface area (Å²) in [7, 11) is 0. The first-order chi connectivity index (χ1) is 15.6. The highest BCUT2D eigenvalue weighted by molar-refractivity contribution is 8.02. The van der Waals surface area contributed by atoms with Crippen molar-refractivity contribution in [2.75, 3.05) is 0 Å². The van der Waals surface area contributed by atoms with Crippen molar-refractivity contribution in [1.82, 2.24) is 5.32 Å². The van der Waals surface area contributed by atoms with E-state index >= 15 is 0 Å². The average Bonchev–Trinajstić information content (AvgIpc) is 2.83. The van der Waals surface area contributed by atoms with Crippen LogP contribution in [-0.4, -0.2) is 5.91 Å². The van der Waals surface area contributed by atoms with Crippen LogP contribution in [0.25, 0.3) is 0 Å². The van der Waals surface area contributed by atoms with Crippen LogP contribution in [0.1, 0.15) is 29.0 Å². The lowest BCUT2D eigenvalue weighted by Crippen LogP contribution is -2.30. The molecule has 0 aromatic heterocycles. The van der Waals surface area contributed by atoms with E-state index < -0.39 is 0 Å². The molecule has 0 aliphatic carbocycles. The lowest BCUT2D eigenvalue weighted by atomic mass is 9.87. The summed E-state index contributed by atoms with van der Waals surface area (Å²) in [5, 5.41) is 14.0. The minimum absolute atomic E-state index is 0.0972. The van der Waals surface area contributed by atoms with Crippen molar-refractivity contribution in [2.24, 2.45) is 0 Å². The van der Waals surface area contributed by atoms with Crippen LogP contribution in [-0.2, 0) is 17.2 Å². The Morgan fingerprint density at radius 2 is 1.75 bits per heavy atom. The van der Waals surface area contributed by atoms with Crippen molar-refractivity contribution >= 4 is 29.3 Å². The van der Waals surface area contributed by atoms with Gasteiger partial charge in [0.05, 0.1) is 16.7 Å². The Balaban J connectivity index is 1.49. The molecule has 32 heavy (non-hydrogen) atoms. The molecule has 4 nitrogen and oxygen atoms in total. The number of hydrogen-bond donors (Lipinski definition) is 1. The van der Waals surface area contributed by atoms with Gasteiger partial charge in [-0.25, -0.2) is 0 Å². The SMILES string of the molecule is N#CC1=C(SCc2ccccc2Cl)NC(=O)C[C@@H]1c1ccc(OCc2ccccc2)cc1. The molecule has 6 heteroatoms. The number of ether oxygens (including phenoxy) is 1. The topological polar surface area (TPSA) is 62.1 Å². The van der Waals surface area contributed by atoms with Gasteiger partial charge >= 0.3 is 0 Å². The summed E-state index contributed by atoms with van der Waals surface area (Å²) in [5.74, 6) is 0.929. The van der Waals surface area contributed by atoms with Gasteiger partial charge in [0.25, 0.3) is 0 Å². The molecule has 0 spiro atoms. The van der Waals surface area contributed by atoms with Crippen LogP contribution in [0.3, 0.4) is 0 Å². The zero-order chi connectivity index (χ0) is 22.3. The second-order valence-electron chi connectivity index (χ2n) is 7.38. The first-order valence-electron chi connectivity index (χ1n) is 10.2. The zero-order valence-electron chi connectivity index (χ0n) is 17.3. The molecule has 0 saturated heterocycles. The second kappa shape index (κ2) is 10.4. The molecule has 0 saturated carbocycles. The van der Waals surface area contributed by atoms with E-state index in [1.165, 1.54) is 11.8 Å². The summed E-state index contributed by atoms with van der Waals surface area (Å²) >= 11 is 7.68. The largest absolute Gasteiger partial charge is 0.489 e. The van der Waals surface area contributed by atoms with E-state index in [0.29, 0.717) is 28.0 Å². The fourth-order valence-electron chi connectivity index (χ4n) is 3.52. The van der Waals surface area contributed by atoms with Crippen LogP contribution in [0.2, 0.25) is 5.02 Å². The highest BCUT2D eigenvalue weighted by Crippen LogP contribution is 2.38. The van der Waals surface area contributed by atoms with Gasteiger partial charge in [-0.3, -0.25) is 4.79 Å². The molecule has 1 amide bonds. The van der Waals surface area contributed by atoms with Crippen LogP contribution in [0.15, 0.2) is 89.5 Å². The summed E-state index contributed by atoms with van der Waals surface area (Å²) in [4.78, 5) is 12.4. The number of allylic oxidation sites excluding steroid dienone is 1. The standard InChI is InChI=1S/C26H21ClN2O2S/c27-24-9-5-4-8-20(24)17-32-26-23(15-28)22(14-25(30)29-26)19-10-12-21(13-11-19)31-16-18-6-2-1-3-7-18/h1-13,22H,14,16-17H2,(H,29,30)/t22-/m1/s1. The van der Waals surface area contributed by atoms with Crippen LogP contribution in [0.5, 0.6) is 5.75 Å². The summed E-state index contributed by atoms with van der Waals surface area (Å²) in [6.45, 7) is 0.484. The number of nitrogens with one attached hydrogen (secondary N) is 1. The van der Waals surface area contributed by atoms with Gasteiger partial charge < -0.3 is 10.1 Å². The maximum atomic E-state index is 12.4. The molecule has 1 atom stereocenters. The molecule has 1 heterocycles. The van der Waals surface area contributed by atoms with E-state index in [1.807, 2.05) is 78.9 Å². The summed E-state index contributed by atoms with van der Waals surface area (Å²) in [6, 6.07) is 27.5. The van der Waals surface area contributed by atoms with Crippen molar-refractivity contribution in [3.8, 4) is 11.8 Å². The van der Waals surface area contributed by atoms with Crippen molar-refractivity contribution < 1.29 is 9.53 Å². The number of nitrogens with zero attached hydrogens (tertiary/aromatic N) is 1. The van der Waals surface area contributed by atoms with Crippen molar-refractivity contribution in [1.29, 1.82) is 5.26 Å². The normalized spacial score (nSPS) is 15.8. The molecule has 3 aromatic rings. The van der Waals surface area contributed by atoms with Gasteiger partial charge in [0.2, 0.25) is 5.91 Å². The number of carbonyl (C=O) groups excluding carboxylic acids is 1. The monoisotopic (exact) mass is 460 g/mol. The Morgan fingerprint density at radius 1 is 1.03 bits per heavy atom. The van der Waals surface area contributed by atoms with E-state index in [0.717, 1.165) is 22.4 Å². The molecule has 160 valence electrons. The number of hydrogen-bond acceptors (Lipinski definition) is 4. The van der Waals surface area contributed by atoms with Gasteiger partial charge in [-0.2, -0.15) is 5.26 Å². The minimum atomic E-state index is -0.286. The Hall–Kier alpha value is -3.20. The Kier molecular flexibility index (Phi) is 7.16. The molecule has 0 bridgehead atoms. The number of thioether (sulfide) groups is 1. The molecule has 0 fully saturated rings. The first kappa shape index (κ1) is 22.0. The Bertz CT molecular complexity index is 1170. The third-order valence-corrected chi connectivity index (χ3v) is 6.65. The highest BCUT2D eigenvalue weighted by atomic mass is 35.5. The van der Waals surface area contributed by atoms with Crippen molar-refractivity contribution in [3.63, 3.8) is 0 Å². The molecule has 1 aliphatic heterocycles. The van der Waals surface area contributed by atoms with E-state index in [1.54, 1.807) is 0 Å².